The van der Waals surface area contributed by atoms with Gasteiger partial charge in [-0.1, -0.05) is 12.1 Å². The molecule has 1 N–H and O–H groups in total. The van der Waals surface area contributed by atoms with E-state index in [0.717, 1.165) is 0 Å². The number of aliphatic hydroxyl groups is 1. The largest absolute Gasteiger partial charge is 0.490 e. The van der Waals surface area contributed by atoms with Crippen molar-refractivity contribution in [2.24, 2.45) is 0 Å². The maximum absolute atomic E-state index is 13.4. The molecule has 1 aliphatic rings. The minimum absolute atomic E-state index is 0.221. The fourth-order valence-corrected chi connectivity index (χ4v) is 1.51. The molecule has 1 aromatic carbocycles. The number of aryl methyl sites for hydroxylation is 1. The van der Waals surface area contributed by atoms with Crippen molar-refractivity contribution in [3.8, 4) is 5.75 Å². The number of halogens is 1. The van der Waals surface area contributed by atoms with Crippen LogP contribution in [0.4, 0.5) is 4.39 Å². The Bertz CT molecular complexity index is 336. The van der Waals surface area contributed by atoms with Crippen molar-refractivity contribution in [1.82, 2.24) is 0 Å². The zero-order valence-electron chi connectivity index (χ0n) is 7.38. The van der Waals surface area contributed by atoms with Crippen LogP contribution in [0.3, 0.4) is 0 Å². The molecule has 3 heteroatoms. The van der Waals surface area contributed by atoms with Gasteiger partial charge in [0.2, 0.25) is 0 Å². The van der Waals surface area contributed by atoms with Crippen molar-refractivity contribution in [3.05, 3.63) is 29.1 Å². The van der Waals surface area contributed by atoms with Gasteiger partial charge in [-0.2, -0.15) is 0 Å². The SMILES string of the molecule is Cc1ccc2c(c1F)OCC[C@@H]2O. The van der Waals surface area contributed by atoms with E-state index in [1.165, 1.54) is 0 Å². The second-order valence-corrected chi connectivity index (χ2v) is 3.27. The highest BCUT2D eigenvalue weighted by atomic mass is 19.1. The molecule has 0 saturated carbocycles. The van der Waals surface area contributed by atoms with Crippen LogP contribution in [-0.2, 0) is 0 Å². The van der Waals surface area contributed by atoms with Crippen molar-refractivity contribution in [2.45, 2.75) is 19.4 Å². The van der Waals surface area contributed by atoms with Gasteiger partial charge in [0.15, 0.2) is 11.6 Å². The molecule has 0 radical (unpaired) electrons. The van der Waals surface area contributed by atoms with Crippen molar-refractivity contribution in [1.29, 1.82) is 0 Å². The smallest absolute Gasteiger partial charge is 0.168 e. The highest BCUT2D eigenvalue weighted by Gasteiger charge is 2.22. The van der Waals surface area contributed by atoms with E-state index in [-0.39, 0.29) is 11.6 Å². The molecule has 0 amide bonds. The Labute approximate surface area is 76.0 Å². The van der Waals surface area contributed by atoms with Gasteiger partial charge in [0, 0.05) is 12.0 Å². The van der Waals surface area contributed by atoms with Gasteiger partial charge in [-0.15, -0.1) is 0 Å². The first-order chi connectivity index (χ1) is 6.20. The molecule has 1 aromatic rings. The monoisotopic (exact) mass is 182 g/mol. The second-order valence-electron chi connectivity index (χ2n) is 3.27. The van der Waals surface area contributed by atoms with Gasteiger partial charge in [0.05, 0.1) is 12.7 Å². The Balaban J connectivity index is 2.56. The third kappa shape index (κ3) is 1.29. The lowest BCUT2D eigenvalue weighted by Gasteiger charge is -2.22. The lowest BCUT2D eigenvalue weighted by atomic mass is 10.0. The molecule has 0 aliphatic carbocycles. The molecular formula is C10H11FO2. The zero-order chi connectivity index (χ0) is 9.42. The summed E-state index contributed by atoms with van der Waals surface area (Å²) < 4.78 is 18.6. The lowest BCUT2D eigenvalue weighted by Crippen LogP contribution is -2.15. The molecule has 1 aliphatic heterocycles. The van der Waals surface area contributed by atoms with Crippen LogP contribution in [0.25, 0.3) is 0 Å². The summed E-state index contributed by atoms with van der Waals surface area (Å²) in [5.41, 5.74) is 1.11. The molecule has 1 atom stereocenters. The summed E-state index contributed by atoms with van der Waals surface area (Å²) in [7, 11) is 0. The van der Waals surface area contributed by atoms with Gasteiger partial charge in [-0.3, -0.25) is 0 Å². The van der Waals surface area contributed by atoms with E-state index >= 15 is 0 Å². The van der Waals surface area contributed by atoms with E-state index in [4.69, 9.17) is 4.74 Å². The van der Waals surface area contributed by atoms with Gasteiger partial charge in [0.1, 0.15) is 0 Å². The van der Waals surface area contributed by atoms with Crippen LogP contribution < -0.4 is 4.74 Å². The predicted octanol–water partition coefficient (Wildman–Crippen LogP) is 1.95. The summed E-state index contributed by atoms with van der Waals surface area (Å²) in [6.07, 6.45) is -0.0472. The van der Waals surface area contributed by atoms with Crippen molar-refractivity contribution in [3.63, 3.8) is 0 Å². The number of ether oxygens (including phenoxy) is 1. The highest BCUT2D eigenvalue weighted by molar-refractivity contribution is 5.41. The molecule has 2 nitrogen and oxygen atoms in total. The Morgan fingerprint density at radius 2 is 2.31 bits per heavy atom. The quantitative estimate of drug-likeness (QED) is 0.664. The summed E-state index contributed by atoms with van der Waals surface area (Å²) in [5, 5.41) is 9.53. The highest BCUT2D eigenvalue weighted by Crippen LogP contribution is 2.35. The summed E-state index contributed by atoms with van der Waals surface area (Å²) in [5.74, 6) is -0.130. The zero-order valence-corrected chi connectivity index (χ0v) is 7.38. The Morgan fingerprint density at radius 3 is 3.08 bits per heavy atom. The number of benzene rings is 1. The minimum atomic E-state index is -0.584. The maximum atomic E-state index is 13.4. The van der Waals surface area contributed by atoms with Crippen molar-refractivity contribution < 1.29 is 14.2 Å². The third-order valence-corrected chi connectivity index (χ3v) is 2.32. The molecule has 13 heavy (non-hydrogen) atoms. The van der Waals surface area contributed by atoms with Crippen LogP contribution >= 0.6 is 0 Å². The Morgan fingerprint density at radius 1 is 1.54 bits per heavy atom. The molecule has 2 rings (SSSR count). The third-order valence-electron chi connectivity index (χ3n) is 2.32. The first-order valence-corrected chi connectivity index (χ1v) is 4.30. The van der Waals surface area contributed by atoms with E-state index in [9.17, 15) is 9.50 Å². The van der Waals surface area contributed by atoms with Gasteiger partial charge in [0.25, 0.3) is 0 Å². The standard InChI is InChI=1S/C10H11FO2/c1-6-2-3-7-8(12)4-5-13-10(7)9(6)11/h2-3,8,12H,4-5H2,1H3/t8-/m0/s1. The van der Waals surface area contributed by atoms with E-state index in [1.807, 2.05) is 0 Å². The fraction of sp³-hybridized carbons (Fsp3) is 0.400. The van der Waals surface area contributed by atoms with E-state index in [1.54, 1.807) is 19.1 Å². The number of aliphatic hydroxyl groups excluding tert-OH is 1. The van der Waals surface area contributed by atoms with Crippen LogP contribution in [0, 0.1) is 12.7 Å². The predicted molar refractivity (Wildman–Crippen MR) is 46.2 cm³/mol. The molecule has 0 saturated heterocycles. The normalized spacial score (nSPS) is 20.7. The molecule has 0 unspecified atom stereocenters. The summed E-state index contributed by atoms with van der Waals surface area (Å²) in [4.78, 5) is 0. The molecule has 0 spiro atoms. The van der Waals surface area contributed by atoms with Crippen LogP contribution in [0.1, 0.15) is 23.7 Å². The molecule has 1 heterocycles. The lowest BCUT2D eigenvalue weighted by molar-refractivity contribution is 0.112. The van der Waals surface area contributed by atoms with Crippen LogP contribution in [0.15, 0.2) is 12.1 Å². The van der Waals surface area contributed by atoms with E-state index in [0.29, 0.717) is 24.2 Å². The van der Waals surface area contributed by atoms with E-state index < -0.39 is 6.10 Å². The van der Waals surface area contributed by atoms with Gasteiger partial charge < -0.3 is 9.84 Å². The van der Waals surface area contributed by atoms with Crippen molar-refractivity contribution in [2.75, 3.05) is 6.61 Å². The van der Waals surface area contributed by atoms with Gasteiger partial charge >= 0.3 is 0 Å². The number of hydrogen-bond acceptors (Lipinski definition) is 2. The average molecular weight is 182 g/mol. The molecule has 0 aromatic heterocycles. The molecule has 0 fully saturated rings. The number of hydrogen-bond donors (Lipinski definition) is 1. The van der Waals surface area contributed by atoms with Gasteiger partial charge in [-0.05, 0) is 12.5 Å². The topological polar surface area (TPSA) is 29.5 Å². The minimum Gasteiger partial charge on any atom is -0.490 e. The van der Waals surface area contributed by atoms with Crippen LogP contribution in [0.5, 0.6) is 5.75 Å². The summed E-state index contributed by atoms with van der Waals surface area (Å²) in [6.45, 7) is 2.06. The van der Waals surface area contributed by atoms with E-state index in [2.05, 4.69) is 0 Å². The van der Waals surface area contributed by atoms with Crippen molar-refractivity contribution >= 4 is 0 Å². The molecular weight excluding hydrogens is 171 g/mol. The summed E-state index contributed by atoms with van der Waals surface area (Å²) in [6, 6.07) is 3.38. The van der Waals surface area contributed by atoms with Gasteiger partial charge in [-0.25, -0.2) is 4.39 Å². The molecule has 0 bridgehead atoms. The first-order valence-electron chi connectivity index (χ1n) is 4.30. The maximum Gasteiger partial charge on any atom is 0.168 e. The fourth-order valence-electron chi connectivity index (χ4n) is 1.51. The average Bonchev–Trinajstić information content (AvgIpc) is 2.12. The Hall–Kier alpha value is -1.09. The summed E-state index contributed by atoms with van der Waals surface area (Å²) >= 11 is 0. The number of rotatable bonds is 0. The van der Waals surface area contributed by atoms with Crippen LogP contribution in [0.2, 0.25) is 0 Å². The first kappa shape index (κ1) is 8.51. The second kappa shape index (κ2) is 3.00. The number of fused-ring (bicyclic) bond motifs is 1. The van der Waals surface area contributed by atoms with Crippen LogP contribution in [-0.4, -0.2) is 11.7 Å². The molecule has 70 valence electrons. The Kier molecular flexibility index (Phi) is 1.96.